The molecule has 1 amide bonds. The van der Waals surface area contributed by atoms with Crippen LogP contribution >= 0.6 is 0 Å². The van der Waals surface area contributed by atoms with Gasteiger partial charge in [-0.3, -0.25) is 9.10 Å². The molecule has 0 aliphatic heterocycles. The highest BCUT2D eigenvalue weighted by atomic mass is 32.2. The molecule has 0 saturated heterocycles. The maximum absolute atomic E-state index is 13.4. The zero-order valence-corrected chi connectivity index (χ0v) is 20.4. The number of nitrogens with one attached hydrogen (secondary N) is 1. The minimum atomic E-state index is -3.95. The number of hydrogen-bond donors (Lipinski definition) is 1. The van der Waals surface area contributed by atoms with Gasteiger partial charge in [-0.1, -0.05) is 47.5 Å². The predicted molar refractivity (Wildman–Crippen MR) is 133 cm³/mol. The molecule has 3 rings (SSSR count). The summed E-state index contributed by atoms with van der Waals surface area (Å²) in [4.78, 5) is 12.8. The molecule has 3 aromatic rings. The van der Waals surface area contributed by atoms with Crippen molar-refractivity contribution in [3.63, 3.8) is 0 Å². The Hall–Kier alpha value is -3.45. The van der Waals surface area contributed by atoms with Gasteiger partial charge in [0.15, 0.2) is 0 Å². The third kappa shape index (κ3) is 5.68. The van der Waals surface area contributed by atoms with Crippen LogP contribution in [0, 0.1) is 34.6 Å². The molecular formula is C26H29N3O3S. The molecule has 0 aliphatic carbocycles. The van der Waals surface area contributed by atoms with Crippen LogP contribution in [0.3, 0.4) is 0 Å². The molecule has 0 heterocycles. The van der Waals surface area contributed by atoms with E-state index in [2.05, 4.69) is 10.5 Å². The van der Waals surface area contributed by atoms with Gasteiger partial charge < -0.3 is 0 Å². The molecule has 3 aromatic carbocycles. The lowest BCUT2D eigenvalue weighted by Crippen LogP contribution is -2.39. The number of anilines is 1. The molecule has 0 radical (unpaired) electrons. The summed E-state index contributed by atoms with van der Waals surface area (Å²) in [6.45, 7) is 9.48. The van der Waals surface area contributed by atoms with Gasteiger partial charge in [-0.25, -0.2) is 13.8 Å². The van der Waals surface area contributed by atoms with Gasteiger partial charge in [-0.05, 0) is 81.1 Å². The van der Waals surface area contributed by atoms with E-state index >= 15 is 0 Å². The molecule has 0 fully saturated rings. The normalized spacial score (nSPS) is 11.5. The van der Waals surface area contributed by atoms with Gasteiger partial charge in [0, 0.05) is 0 Å². The predicted octanol–water partition coefficient (Wildman–Crippen LogP) is 4.57. The Labute approximate surface area is 196 Å². The summed E-state index contributed by atoms with van der Waals surface area (Å²) in [7, 11) is -3.95. The highest BCUT2D eigenvalue weighted by molar-refractivity contribution is 7.92. The number of carbonyl (C=O) groups is 1. The van der Waals surface area contributed by atoms with Crippen molar-refractivity contribution < 1.29 is 13.2 Å². The smallest absolute Gasteiger partial charge is 0.264 e. The second-order valence-electron chi connectivity index (χ2n) is 8.18. The van der Waals surface area contributed by atoms with Gasteiger partial charge in [0.25, 0.3) is 15.9 Å². The lowest BCUT2D eigenvalue weighted by Gasteiger charge is -2.24. The van der Waals surface area contributed by atoms with Crippen molar-refractivity contribution in [1.29, 1.82) is 0 Å². The number of sulfonamides is 1. The van der Waals surface area contributed by atoms with Crippen molar-refractivity contribution >= 4 is 27.8 Å². The molecule has 0 saturated carbocycles. The Morgan fingerprint density at radius 3 is 2.03 bits per heavy atom. The molecule has 1 N–H and O–H groups in total. The molecule has 6 nitrogen and oxygen atoms in total. The number of nitrogens with zero attached hydrogens (tertiary/aromatic N) is 2. The molecule has 0 unspecified atom stereocenters. The minimum absolute atomic E-state index is 0.121. The fraction of sp³-hybridized carbons (Fsp3) is 0.231. The van der Waals surface area contributed by atoms with Crippen molar-refractivity contribution in [3.05, 3.63) is 94.0 Å². The molecule has 0 atom stereocenters. The van der Waals surface area contributed by atoms with Gasteiger partial charge in [0.05, 0.1) is 16.8 Å². The molecule has 0 aromatic heterocycles. The highest BCUT2D eigenvalue weighted by Crippen LogP contribution is 2.24. The molecule has 172 valence electrons. The molecule has 33 heavy (non-hydrogen) atoms. The van der Waals surface area contributed by atoms with Crippen LogP contribution in [0.4, 0.5) is 5.69 Å². The van der Waals surface area contributed by atoms with Crippen LogP contribution in [0.5, 0.6) is 0 Å². The lowest BCUT2D eigenvalue weighted by atomic mass is 10.00. The Morgan fingerprint density at radius 2 is 1.42 bits per heavy atom. The fourth-order valence-corrected chi connectivity index (χ4v) is 4.74. The van der Waals surface area contributed by atoms with Crippen molar-refractivity contribution in [2.45, 2.75) is 39.5 Å². The molecule has 0 spiro atoms. The van der Waals surface area contributed by atoms with E-state index in [9.17, 15) is 13.2 Å². The van der Waals surface area contributed by atoms with Crippen LogP contribution < -0.4 is 9.73 Å². The van der Waals surface area contributed by atoms with E-state index in [1.165, 1.54) is 11.1 Å². The molecule has 7 heteroatoms. The topological polar surface area (TPSA) is 78.8 Å². The summed E-state index contributed by atoms with van der Waals surface area (Å²) in [6.07, 6.45) is 1.57. The van der Waals surface area contributed by atoms with Gasteiger partial charge >= 0.3 is 0 Å². The average molecular weight is 464 g/mol. The number of amides is 1. The third-order valence-electron chi connectivity index (χ3n) is 5.71. The highest BCUT2D eigenvalue weighted by Gasteiger charge is 2.27. The standard InChI is InChI=1S/C26H29N3O3S/c1-18-6-12-24(13-7-18)29(33(31,32)25-14-8-19(2)9-15-25)17-26(30)28-27-16-23-11-10-20(3)21(4)22(23)5/h6-16H,17H2,1-5H3,(H,28,30)/b27-16+. The number of rotatable bonds is 7. The van der Waals surface area contributed by atoms with E-state index in [0.29, 0.717) is 5.69 Å². The largest absolute Gasteiger partial charge is 0.271 e. The van der Waals surface area contributed by atoms with E-state index in [4.69, 9.17) is 0 Å². The van der Waals surface area contributed by atoms with Crippen LogP contribution in [-0.4, -0.2) is 27.1 Å². The number of hydrazone groups is 1. The Bertz CT molecular complexity index is 1280. The van der Waals surface area contributed by atoms with E-state index in [1.54, 1.807) is 42.6 Å². The van der Waals surface area contributed by atoms with Crippen molar-refractivity contribution in [3.8, 4) is 0 Å². The first-order valence-corrected chi connectivity index (χ1v) is 12.1. The second kappa shape index (κ2) is 10.0. The van der Waals surface area contributed by atoms with Gasteiger partial charge in [-0.2, -0.15) is 5.10 Å². The molecule has 0 aliphatic rings. The maximum Gasteiger partial charge on any atom is 0.264 e. The number of aryl methyl sites for hydroxylation is 3. The van der Waals surface area contributed by atoms with Crippen LogP contribution in [0.2, 0.25) is 0 Å². The maximum atomic E-state index is 13.4. The fourth-order valence-electron chi connectivity index (χ4n) is 3.32. The minimum Gasteiger partial charge on any atom is -0.271 e. The molecular weight excluding hydrogens is 434 g/mol. The quantitative estimate of drug-likeness (QED) is 0.412. The van der Waals surface area contributed by atoms with Crippen LogP contribution in [-0.2, 0) is 14.8 Å². The summed E-state index contributed by atoms with van der Waals surface area (Å²) in [6, 6.07) is 17.5. The van der Waals surface area contributed by atoms with E-state index < -0.39 is 22.5 Å². The lowest BCUT2D eigenvalue weighted by molar-refractivity contribution is -0.119. The summed E-state index contributed by atoms with van der Waals surface area (Å²) in [5.41, 5.74) is 9.13. The Kier molecular flexibility index (Phi) is 7.33. The van der Waals surface area contributed by atoms with E-state index in [0.717, 1.165) is 26.6 Å². The van der Waals surface area contributed by atoms with Crippen molar-refractivity contribution in [2.75, 3.05) is 10.8 Å². The summed E-state index contributed by atoms with van der Waals surface area (Å²) < 4.78 is 27.9. The second-order valence-corrected chi connectivity index (χ2v) is 10.0. The number of benzene rings is 3. The van der Waals surface area contributed by atoms with Crippen LogP contribution in [0.1, 0.15) is 33.4 Å². The zero-order chi connectivity index (χ0) is 24.2. The van der Waals surface area contributed by atoms with Crippen LogP contribution in [0.25, 0.3) is 0 Å². The Morgan fingerprint density at radius 1 is 0.848 bits per heavy atom. The van der Waals surface area contributed by atoms with Gasteiger partial charge in [0.2, 0.25) is 0 Å². The van der Waals surface area contributed by atoms with Crippen molar-refractivity contribution in [2.24, 2.45) is 5.10 Å². The first-order valence-electron chi connectivity index (χ1n) is 10.6. The number of carbonyl (C=O) groups excluding carboxylic acids is 1. The average Bonchev–Trinajstić information content (AvgIpc) is 2.78. The third-order valence-corrected chi connectivity index (χ3v) is 7.50. The van der Waals surface area contributed by atoms with E-state index in [-0.39, 0.29) is 4.90 Å². The number of hydrogen-bond acceptors (Lipinski definition) is 4. The Balaban J connectivity index is 1.84. The van der Waals surface area contributed by atoms with Gasteiger partial charge in [0.1, 0.15) is 6.54 Å². The summed E-state index contributed by atoms with van der Waals surface area (Å²) >= 11 is 0. The summed E-state index contributed by atoms with van der Waals surface area (Å²) in [5.74, 6) is -0.538. The van der Waals surface area contributed by atoms with E-state index in [1.807, 2.05) is 58.9 Å². The first-order chi connectivity index (χ1) is 15.6. The SMILES string of the molecule is Cc1ccc(N(CC(=O)N/N=C/c2ccc(C)c(C)c2C)S(=O)(=O)c2ccc(C)cc2)cc1. The zero-order valence-electron chi connectivity index (χ0n) is 19.6. The van der Waals surface area contributed by atoms with Crippen molar-refractivity contribution in [1.82, 2.24) is 5.43 Å². The summed E-state index contributed by atoms with van der Waals surface area (Å²) in [5, 5.41) is 4.05. The van der Waals surface area contributed by atoms with Gasteiger partial charge in [-0.15, -0.1) is 0 Å². The van der Waals surface area contributed by atoms with Crippen LogP contribution in [0.15, 0.2) is 70.7 Å². The first kappa shape index (κ1) is 24.2. The monoisotopic (exact) mass is 463 g/mol. The molecule has 0 bridgehead atoms.